The van der Waals surface area contributed by atoms with E-state index in [1.54, 1.807) is 17.1 Å². The Hall–Kier alpha value is -1.27. The first kappa shape index (κ1) is 21.6. The number of aromatic nitrogens is 3. The summed E-state index contributed by atoms with van der Waals surface area (Å²) in [6.07, 6.45) is 13.3. The van der Waals surface area contributed by atoms with Gasteiger partial charge in [0.2, 0.25) is 0 Å². The highest BCUT2D eigenvalue weighted by atomic mass is 16.5. The van der Waals surface area contributed by atoms with Gasteiger partial charge in [-0.2, -0.15) is 0 Å². The molecule has 0 radical (unpaired) electrons. The fourth-order valence-corrected chi connectivity index (χ4v) is 8.90. The summed E-state index contributed by atoms with van der Waals surface area (Å²) in [5.41, 5.74) is -0.200. The van der Waals surface area contributed by atoms with Gasteiger partial charge < -0.3 is 9.84 Å². The molecule has 172 valence electrons. The van der Waals surface area contributed by atoms with E-state index in [1.807, 2.05) is 14.0 Å². The van der Waals surface area contributed by atoms with Gasteiger partial charge in [0, 0.05) is 19.2 Å². The van der Waals surface area contributed by atoms with Crippen molar-refractivity contribution < 1.29 is 14.6 Å². The van der Waals surface area contributed by atoms with E-state index in [-0.39, 0.29) is 16.7 Å². The van der Waals surface area contributed by atoms with E-state index in [0.29, 0.717) is 36.0 Å². The van der Waals surface area contributed by atoms with E-state index in [4.69, 9.17) is 4.74 Å². The minimum absolute atomic E-state index is 0.111. The number of fused-ring (bicyclic) bond motifs is 5. The van der Waals surface area contributed by atoms with Crippen molar-refractivity contribution >= 4 is 5.78 Å². The van der Waals surface area contributed by atoms with Gasteiger partial charge in [-0.05, 0) is 99.2 Å². The predicted octanol–water partition coefficient (Wildman–Crippen LogP) is 3.88. The molecule has 8 atom stereocenters. The standard InChI is InChI=1S/C25H39N3O3/c1-23(30)10-11-25(16-31-3)17(14-23)4-5-18-19-6-7-21(24(19,2)9-8-20(18)25)22(29)15-28-13-12-26-27-28/h12-13,17-21,30H,4-11,14-16H2,1-3H3/t17-,18+,19+,20+,21-,23-,24?,25-/m1/s1. The summed E-state index contributed by atoms with van der Waals surface area (Å²) in [4.78, 5) is 13.3. The van der Waals surface area contributed by atoms with Crippen LogP contribution >= 0.6 is 0 Å². The zero-order valence-electron chi connectivity index (χ0n) is 19.4. The van der Waals surface area contributed by atoms with Gasteiger partial charge in [0.25, 0.3) is 0 Å². The number of aliphatic hydroxyl groups is 1. The molecule has 4 saturated carbocycles. The summed E-state index contributed by atoms with van der Waals surface area (Å²) in [7, 11) is 1.85. The second kappa shape index (κ2) is 7.65. The molecular weight excluding hydrogens is 390 g/mol. The molecule has 4 aliphatic rings. The first-order chi connectivity index (χ1) is 14.8. The van der Waals surface area contributed by atoms with Crippen LogP contribution in [0.25, 0.3) is 0 Å². The van der Waals surface area contributed by atoms with Crippen molar-refractivity contribution in [3.63, 3.8) is 0 Å². The fraction of sp³-hybridized carbons (Fsp3) is 0.880. The average Bonchev–Trinajstić information content (AvgIpc) is 3.35. The van der Waals surface area contributed by atoms with Gasteiger partial charge in [-0.3, -0.25) is 4.79 Å². The molecule has 4 fully saturated rings. The Bertz CT molecular complexity index is 809. The van der Waals surface area contributed by atoms with Crippen molar-refractivity contribution in [2.45, 2.75) is 83.8 Å². The van der Waals surface area contributed by atoms with E-state index >= 15 is 0 Å². The number of Topliss-reactive ketones (excluding diaryl/α,β-unsaturated/α-hetero) is 1. The molecule has 0 amide bonds. The molecule has 0 saturated heterocycles. The minimum Gasteiger partial charge on any atom is -0.390 e. The van der Waals surface area contributed by atoms with Gasteiger partial charge in [-0.25, -0.2) is 4.68 Å². The van der Waals surface area contributed by atoms with Crippen molar-refractivity contribution in [1.29, 1.82) is 0 Å². The third-order valence-corrected chi connectivity index (χ3v) is 10.2. The summed E-state index contributed by atoms with van der Waals surface area (Å²) >= 11 is 0. The summed E-state index contributed by atoms with van der Waals surface area (Å²) in [5, 5.41) is 18.7. The van der Waals surface area contributed by atoms with Gasteiger partial charge >= 0.3 is 0 Å². The van der Waals surface area contributed by atoms with E-state index in [9.17, 15) is 9.90 Å². The smallest absolute Gasteiger partial charge is 0.157 e. The normalized spacial score (nSPS) is 46.8. The van der Waals surface area contributed by atoms with Crippen LogP contribution in [0.2, 0.25) is 0 Å². The molecule has 1 aromatic rings. The first-order valence-electron chi connectivity index (χ1n) is 12.4. The monoisotopic (exact) mass is 429 g/mol. The lowest BCUT2D eigenvalue weighted by Crippen LogP contribution is -2.58. The van der Waals surface area contributed by atoms with Crippen LogP contribution in [0, 0.1) is 40.4 Å². The largest absolute Gasteiger partial charge is 0.390 e. The van der Waals surface area contributed by atoms with Gasteiger partial charge in [-0.1, -0.05) is 12.1 Å². The van der Waals surface area contributed by atoms with E-state index in [1.165, 1.54) is 25.7 Å². The van der Waals surface area contributed by atoms with Crippen LogP contribution in [0.4, 0.5) is 0 Å². The number of ketones is 1. The Kier molecular flexibility index (Phi) is 5.32. The number of hydrogen-bond donors (Lipinski definition) is 1. The summed E-state index contributed by atoms with van der Waals surface area (Å²) in [6.45, 7) is 5.61. The van der Waals surface area contributed by atoms with Crippen LogP contribution in [0.3, 0.4) is 0 Å². The maximum absolute atomic E-state index is 13.3. The van der Waals surface area contributed by atoms with E-state index in [0.717, 1.165) is 38.7 Å². The second-order valence-corrected chi connectivity index (χ2v) is 11.8. The van der Waals surface area contributed by atoms with Crippen LogP contribution in [0.1, 0.15) is 71.6 Å². The van der Waals surface area contributed by atoms with Crippen molar-refractivity contribution in [3.05, 3.63) is 12.4 Å². The maximum atomic E-state index is 13.3. The molecule has 0 aromatic carbocycles. The lowest BCUT2D eigenvalue weighted by molar-refractivity contribution is -0.175. The predicted molar refractivity (Wildman–Crippen MR) is 117 cm³/mol. The fourth-order valence-electron chi connectivity index (χ4n) is 8.90. The van der Waals surface area contributed by atoms with Crippen LogP contribution in [0.15, 0.2) is 12.4 Å². The van der Waals surface area contributed by atoms with Crippen molar-refractivity contribution in [2.24, 2.45) is 40.4 Å². The zero-order chi connectivity index (χ0) is 21.9. The topological polar surface area (TPSA) is 77.2 Å². The molecule has 6 nitrogen and oxygen atoms in total. The molecule has 1 heterocycles. The number of carbonyl (C=O) groups excluding carboxylic acids is 1. The number of rotatable bonds is 5. The summed E-state index contributed by atoms with van der Waals surface area (Å²) in [5.74, 6) is 3.04. The number of nitrogens with zero attached hydrogens (tertiary/aromatic N) is 3. The van der Waals surface area contributed by atoms with Crippen LogP contribution in [-0.4, -0.2) is 45.2 Å². The highest BCUT2D eigenvalue weighted by molar-refractivity contribution is 5.82. The summed E-state index contributed by atoms with van der Waals surface area (Å²) in [6, 6.07) is 0. The Labute approximate surface area is 186 Å². The Morgan fingerprint density at radius 2 is 1.97 bits per heavy atom. The molecule has 1 N–H and O–H groups in total. The first-order valence-corrected chi connectivity index (χ1v) is 12.4. The lowest BCUT2D eigenvalue weighted by atomic mass is 9.43. The molecule has 6 heteroatoms. The molecule has 1 aromatic heterocycles. The highest BCUT2D eigenvalue weighted by Gasteiger charge is 2.63. The summed E-state index contributed by atoms with van der Waals surface area (Å²) < 4.78 is 7.54. The third kappa shape index (κ3) is 3.40. The number of hydrogen-bond acceptors (Lipinski definition) is 5. The maximum Gasteiger partial charge on any atom is 0.157 e. The quantitative estimate of drug-likeness (QED) is 0.768. The zero-order valence-corrected chi connectivity index (χ0v) is 19.4. The average molecular weight is 430 g/mol. The lowest BCUT2D eigenvalue weighted by Gasteiger charge is -2.62. The van der Waals surface area contributed by atoms with Crippen LogP contribution in [0.5, 0.6) is 0 Å². The van der Waals surface area contributed by atoms with Crippen molar-refractivity contribution in [2.75, 3.05) is 13.7 Å². The van der Waals surface area contributed by atoms with Crippen molar-refractivity contribution in [1.82, 2.24) is 15.0 Å². The van der Waals surface area contributed by atoms with Crippen molar-refractivity contribution in [3.8, 4) is 0 Å². The third-order valence-electron chi connectivity index (χ3n) is 10.2. The van der Waals surface area contributed by atoms with Gasteiger partial charge in [-0.15, -0.1) is 5.10 Å². The van der Waals surface area contributed by atoms with Gasteiger partial charge in [0.05, 0.1) is 18.4 Å². The number of ether oxygens (including phenoxy) is 1. The molecular formula is C25H39N3O3. The molecule has 0 aliphatic heterocycles. The second-order valence-electron chi connectivity index (χ2n) is 11.8. The van der Waals surface area contributed by atoms with E-state index in [2.05, 4.69) is 17.2 Å². The molecule has 0 bridgehead atoms. The number of methoxy groups -OCH3 is 1. The SMILES string of the molecule is COC[C@]12CC[C@@](C)(O)C[C@H]1CC[C@H]1[C@@H]3CC[C@H](C(=O)Cn4ccnn4)C3(C)CC[C@@H]12. The van der Waals surface area contributed by atoms with Crippen LogP contribution < -0.4 is 0 Å². The molecule has 5 rings (SSSR count). The van der Waals surface area contributed by atoms with Gasteiger partial charge in [0.15, 0.2) is 5.78 Å². The Morgan fingerprint density at radius 1 is 1.13 bits per heavy atom. The van der Waals surface area contributed by atoms with E-state index < -0.39 is 5.60 Å². The highest BCUT2D eigenvalue weighted by Crippen LogP contribution is 2.68. The molecule has 31 heavy (non-hydrogen) atoms. The molecule has 1 unspecified atom stereocenters. The Balaban J connectivity index is 1.38. The molecule has 4 aliphatic carbocycles. The van der Waals surface area contributed by atoms with Gasteiger partial charge in [0.1, 0.15) is 6.54 Å². The minimum atomic E-state index is -0.524. The number of carbonyl (C=O) groups is 1. The Morgan fingerprint density at radius 3 is 2.71 bits per heavy atom. The van der Waals surface area contributed by atoms with Crippen LogP contribution in [-0.2, 0) is 16.1 Å². The molecule has 0 spiro atoms.